The van der Waals surface area contributed by atoms with Crippen molar-refractivity contribution in [3.05, 3.63) is 35.9 Å². The summed E-state index contributed by atoms with van der Waals surface area (Å²) in [6.07, 6.45) is 1.69. The molecule has 0 N–H and O–H groups in total. The third kappa shape index (κ3) is 3.22. The van der Waals surface area contributed by atoms with Crippen molar-refractivity contribution < 1.29 is 17.9 Å². The van der Waals surface area contributed by atoms with Gasteiger partial charge >= 0.3 is 6.09 Å². The number of ether oxygens (including phenoxy) is 1. The molecular formula is C15H18ClNO4S. The number of carbonyl (C=O) groups is 1. The van der Waals surface area contributed by atoms with E-state index in [1.54, 1.807) is 4.90 Å². The summed E-state index contributed by atoms with van der Waals surface area (Å²) in [5.74, 6) is 0.188. The molecule has 2 bridgehead atoms. The summed E-state index contributed by atoms with van der Waals surface area (Å²) >= 11 is 0. The van der Waals surface area contributed by atoms with Crippen molar-refractivity contribution in [3.63, 3.8) is 0 Å². The molecule has 1 saturated carbocycles. The maximum absolute atomic E-state index is 12.3. The van der Waals surface area contributed by atoms with E-state index in [1.165, 1.54) is 0 Å². The number of rotatable bonds is 3. The van der Waals surface area contributed by atoms with E-state index in [0.717, 1.165) is 12.0 Å². The highest BCUT2D eigenvalue weighted by molar-refractivity contribution is 8.14. The molecule has 3 fully saturated rings. The Hall–Kier alpha value is -1.27. The van der Waals surface area contributed by atoms with Gasteiger partial charge in [-0.15, -0.1) is 0 Å². The fraction of sp³-hybridized carbons (Fsp3) is 0.533. The number of hydrogen-bond acceptors (Lipinski definition) is 4. The molecule has 0 unspecified atom stereocenters. The summed E-state index contributed by atoms with van der Waals surface area (Å²) in [6, 6.07) is 9.04. The van der Waals surface area contributed by atoms with Gasteiger partial charge in [0.2, 0.25) is 9.05 Å². The number of nitrogens with zero attached hydrogens (tertiary/aromatic N) is 1. The Balaban J connectivity index is 1.67. The van der Waals surface area contributed by atoms with Crippen molar-refractivity contribution >= 4 is 25.8 Å². The standard InChI is InChI=1S/C15H18ClNO4S/c16-22(19,20)14-8-12-6-7-13(14)17(9-12)15(18)21-10-11-4-2-1-3-5-11/h1-5,12-14H,6-10H2/t12-,13-,14-/m0/s1. The third-order valence-electron chi connectivity index (χ3n) is 4.52. The van der Waals surface area contributed by atoms with Crippen LogP contribution >= 0.6 is 10.7 Å². The molecule has 0 radical (unpaired) electrons. The van der Waals surface area contributed by atoms with Crippen LogP contribution in [0.25, 0.3) is 0 Å². The van der Waals surface area contributed by atoms with Gasteiger partial charge in [0, 0.05) is 17.2 Å². The van der Waals surface area contributed by atoms with Crippen LogP contribution in [0.5, 0.6) is 0 Å². The highest BCUT2D eigenvalue weighted by atomic mass is 35.7. The highest BCUT2D eigenvalue weighted by Gasteiger charge is 2.48. The fourth-order valence-corrected chi connectivity index (χ4v) is 5.18. The van der Waals surface area contributed by atoms with Crippen molar-refractivity contribution in [1.29, 1.82) is 0 Å². The van der Waals surface area contributed by atoms with E-state index in [9.17, 15) is 13.2 Å². The fourth-order valence-electron chi connectivity index (χ4n) is 3.45. The molecule has 5 nitrogen and oxygen atoms in total. The van der Waals surface area contributed by atoms with E-state index < -0.39 is 20.4 Å². The van der Waals surface area contributed by atoms with E-state index in [1.807, 2.05) is 30.3 Å². The minimum Gasteiger partial charge on any atom is -0.445 e. The van der Waals surface area contributed by atoms with Gasteiger partial charge in [-0.1, -0.05) is 30.3 Å². The number of benzene rings is 1. The van der Waals surface area contributed by atoms with Gasteiger partial charge < -0.3 is 9.64 Å². The van der Waals surface area contributed by atoms with Crippen LogP contribution in [0.1, 0.15) is 24.8 Å². The van der Waals surface area contributed by atoms with E-state index in [0.29, 0.717) is 19.4 Å². The van der Waals surface area contributed by atoms with Crippen LogP contribution in [0, 0.1) is 5.92 Å². The lowest BCUT2D eigenvalue weighted by molar-refractivity contribution is 0.0287. The van der Waals surface area contributed by atoms with Crippen molar-refractivity contribution in [2.24, 2.45) is 5.92 Å². The predicted molar refractivity (Wildman–Crippen MR) is 83.0 cm³/mol. The van der Waals surface area contributed by atoms with Crippen molar-refractivity contribution in [2.45, 2.75) is 37.2 Å². The maximum atomic E-state index is 12.3. The molecule has 4 rings (SSSR count). The second kappa shape index (κ2) is 6.08. The van der Waals surface area contributed by atoms with Gasteiger partial charge in [-0.05, 0) is 30.7 Å². The second-order valence-electron chi connectivity index (χ2n) is 5.95. The lowest BCUT2D eigenvalue weighted by atomic mass is 9.80. The van der Waals surface area contributed by atoms with Gasteiger partial charge in [0.15, 0.2) is 0 Å². The maximum Gasteiger partial charge on any atom is 0.410 e. The molecular weight excluding hydrogens is 326 g/mol. The minimum absolute atomic E-state index is 0.186. The summed E-state index contributed by atoms with van der Waals surface area (Å²) < 4.78 is 28.8. The molecule has 0 spiro atoms. The third-order valence-corrected chi connectivity index (χ3v) is 6.44. The topological polar surface area (TPSA) is 63.7 Å². The lowest BCUT2D eigenvalue weighted by Crippen LogP contribution is -2.59. The van der Waals surface area contributed by atoms with Crippen molar-refractivity contribution in [2.75, 3.05) is 6.54 Å². The molecule has 3 atom stereocenters. The Labute approximate surface area is 134 Å². The van der Waals surface area contributed by atoms with Crippen LogP contribution in [0.4, 0.5) is 4.79 Å². The van der Waals surface area contributed by atoms with E-state index in [4.69, 9.17) is 15.4 Å². The quantitative estimate of drug-likeness (QED) is 0.792. The number of piperidine rings is 2. The lowest BCUT2D eigenvalue weighted by Gasteiger charge is -2.47. The van der Waals surface area contributed by atoms with Crippen LogP contribution in [-0.2, 0) is 20.4 Å². The van der Waals surface area contributed by atoms with E-state index in [-0.39, 0.29) is 18.6 Å². The molecule has 1 aliphatic carbocycles. The number of fused-ring (bicyclic) bond motifs is 3. The highest BCUT2D eigenvalue weighted by Crippen LogP contribution is 2.39. The second-order valence-corrected chi connectivity index (χ2v) is 8.80. The number of amides is 1. The first-order valence-electron chi connectivity index (χ1n) is 7.36. The van der Waals surface area contributed by atoms with Crippen molar-refractivity contribution in [1.82, 2.24) is 4.90 Å². The van der Waals surface area contributed by atoms with E-state index >= 15 is 0 Å². The van der Waals surface area contributed by atoms with Crippen LogP contribution in [0.3, 0.4) is 0 Å². The molecule has 3 aliphatic rings. The van der Waals surface area contributed by atoms with Gasteiger partial charge in [-0.25, -0.2) is 13.2 Å². The predicted octanol–water partition coefficient (Wildman–Crippen LogP) is 2.74. The van der Waals surface area contributed by atoms with Crippen LogP contribution < -0.4 is 0 Å². The van der Waals surface area contributed by atoms with Gasteiger partial charge in [0.25, 0.3) is 0 Å². The molecule has 7 heteroatoms. The Morgan fingerprint density at radius 2 is 2.00 bits per heavy atom. The Bertz CT molecular complexity index is 649. The van der Waals surface area contributed by atoms with Crippen LogP contribution in [0.15, 0.2) is 30.3 Å². The van der Waals surface area contributed by atoms with Crippen LogP contribution in [-0.4, -0.2) is 37.2 Å². The molecule has 22 heavy (non-hydrogen) atoms. The summed E-state index contributed by atoms with van der Waals surface area (Å²) in [4.78, 5) is 13.8. The van der Waals surface area contributed by atoms with Gasteiger partial charge in [0.1, 0.15) is 6.61 Å². The molecule has 1 amide bonds. The normalized spacial score (nSPS) is 27.7. The Kier molecular flexibility index (Phi) is 4.32. The largest absolute Gasteiger partial charge is 0.445 e. The Morgan fingerprint density at radius 3 is 2.64 bits per heavy atom. The number of hydrogen-bond donors (Lipinski definition) is 0. The SMILES string of the molecule is O=C(OCc1ccccc1)N1C[C@H]2CC[C@H]1[C@@H](S(=O)(=O)Cl)C2. The zero-order valence-corrected chi connectivity index (χ0v) is 13.6. The van der Waals surface area contributed by atoms with Gasteiger partial charge in [0.05, 0.1) is 11.3 Å². The Morgan fingerprint density at radius 1 is 1.27 bits per heavy atom. The van der Waals surface area contributed by atoms with Crippen LogP contribution in [0.2, 0.25) is 0 Å². The zero-order valence-electron chi connectivity index (χ0n) is 12.0. The minimum atomic E-state index is -3.67. The first kappa shape index (κ1) is 15.6. The monoisotopic (exact) mass is 343 g/mol. The molecule has 2 heterocycles. The summed E-state index contributed by atoms with van der Waals surface area (Å²) in [7, 11) is 1.87. The summed E-state index contributed by atoms with van der Waals surface area (Å²) in [5, 5.41) is -0.675. The zero-order chi connectivity index (χ0) is 15.7. The van der Waals surface area contributed by atoms with E-state index in [2.05, 4.69) is 0 Å². The smallest absolute Gasteiger partial charge is 0.410 e. The summed E-state index contributed by atoms with van der Waals surface area (Å²) in [6.45, 7) is 0.743. The first-order chi connectivity index (χ1) is 10.4. The molecule has 1 aromatic carbocycles. The number of halogens is 1. The summed E-state index contributed by atoms with van der Waals surface area (Å²) in [5.41, 5.74) is 0.902. The average molecular weight is 344 g/mol. The first-order valence-corrected chi connectivity index (χ1v) is 9.73. The number of carbonyl (C=O) groups excluding carboxylic acids is 1. The molecule has 2 saturated heterocycles. The average Bonchev–Trinajstić information content (AvgIpc) is 2.53. The van der Waals surface area contributed by atoms with Gasteiger partial charge in [-0.3, -0.25) is 0 Å². The molecule has 1 aromatic rings. The molecule has 2 aliphatic heterocycles. The molecule has 0 aromatic heterocycles. The van der Waals surface area contributed by atoms with Crippen molar-refractivity contribution in [3.8, 4) is 0 Å². The molecule has 120 valence electrons. The van der Waals surface area contributed by atoms with Gasteiger partial charge in [-0.2, -0.15) is 0 Å².